The van der Waals surface area contributed by atoms with E-state index in [2.05, 4.69) is 17.0 Å². The van der Waals surface area contributed by atoms with Crippen molar-refractivity contribution in [2.75, 3.05) is 7.11 Å². The molecule has 6 heteroatoms. The van der Waals surface area contributed by atoms with Gasteiger partial charge < -0.3 is 14.8 Å². The highest BCUT2D eigenvalue weighted by molar-refractivity contribution is 6.05. The molecule has 0 heterocycles. The van der Waals surface area contributed by atoms with Gasteiger partial charge >= 0.3 is 12.1 Å². The molecule has 24 heavy (non-hydrogen) atoms. The average molecular weight is 335 g/mol. The number of nitrogens with one attached hydrogen (secondary N) is 1. The van der Waals surface area contributed by atoms with Crippen molar-refractivity contribution < 1.29 is 23.9 Å². The molecule has 0 spiro atoms. The topological polar surface area (TPSA) is 81.7 Å². The molecule has 1 aromatic rings. The Morgan fingerprint density at radius 1 is 1.04 bits per heavy atom. The zero-order chi connectivity index (χ0) is 17.8. The Morgan fingerprint density at radius 2 is 1.71 bits per heavy atom. The Bertz CT molecular complexity index is 529. The standard InChI is InChI=1S/C18H25NO5/c1-3-4-5-6-10-13-15(20)16(17(21)23-2)19-18(22)24-14-11-8-7-9-12-14/h7-9,11-12,16H,3-6,10,13H2,1-2H3,(H,19,22). The third kappa shape index (κ3) is 7.26. The van der Waals surface area contributed by atoms with Crippen LogP contribution in [0.4, 0.5) is 4.79 Å². The predicted octanol–water partition coefficient (Wildman–Crippen LogP) is 3.25. The first-order valence-electron chi connectivity index (χ1n) is 8.22. The molecule has 132 valence electrons. The maximum atomic E-state index is 12.2. The number of esters is 1. The maximum absolute atomic E-state index is 12.2. The summed E-state index contributed by atoms with van der Waals surface area (Å²) in [5, 5.41) is 2.28. The van der Waals surface area contributed by atoms with Gasteiger partial charge in [0.25, 0.3) is 0 Å². The Morgan fingerprint density at radius 3 is 2.33 bits per heavy atom. The zero-order valence-corrected chi connectivity index (χ0v) is 14.2. The molecule has 1 unspecified atom stereocenters. The average Bonchev–Trinajstić information content (AvgIpc) is 2.59. The Balaban J connectivity index is 2.53. The highest BCUT2D eigenvalue weighted by Crippen LogP contribution is 2.10. The molecule has 0 aliphatic rings. The number of methoxy groups -OCH3 is 1. The number of rotatable bonds is 10. The number of amides is 1. The second-order valence-electron chi connectivity index (χ2n) is 5.43. The Hall–Kier alpha value is -2.37. The lowest BCUT2D eigenvalue weighted by Gasteiger charge is -2.15. The van der Waals surface area contributed by atoms with Crippen LogP contribution < -0.4 is 10.1 Å². The van der Waals surface area contributed by atoms with Crippen LogP contribution in [0.1, 0.15) is 45.4 Å². The molecule has 1 aromatic carbocycles. The van der Waals surface area contributed by atoms with Crippen molar-refractivity contribution >= 4 is 17.8 Å². The van der Waals surface area contributed by atoms with Crippen molar-refractivity contribution in [3.8, 4) is 5.75 Å². The van der Waals surface area contributed by atoms with E-state index in [1.165, 1.54) is 7.11 Å². The van der Waals surface area contributed by atoms with E-state index in [1.54, 1.807) is 30.3 Å². The van der Waals surface area contributed by atoms with Gasteiger partial charge in [0, 0.05) is 6.42 Å². The van der Waals surface area contributed by atoms with Crippen LogP contribution in [0.25, 0.3) is 0 Å². The van der Waals surface area contributed by atoms with E-state index in [0.29, 0.717) is 12.2 Å². The lowest BCUT2D eigenvalue weighted by atomic mass is 10.0. The van der Waals surface area contributed by atoms with E-state index in [1.807, 2.05) is 0 Å². The van der Waals surface area contributed by atoms with Crippen LogP contribution in [0, 0.1) is 0 Å². The molecule has 0 radical (unpaired) electrons. The highest BCUT2D eigenvalue weighted by Gasteiger charge is 2.29. The van der Waals surface area contributed by atoms with E-state index in [-0.39, 0.29) is 12.2 Å². The summed E-state index contributed by atoms with van der Waals surface area (Å²) in [6, 6.07) is 7.07. The SMILES string of the molecule is CCCCCCCC(=O)C(NC(=O)Oc1ccccc1)C(=O)OC. The fraction of sp³-hybridized carbons (Fsp3) is 0.500. The largest absolute Gasteiger partial charge is 0.467 e. The van der Waals surface area contributed by atoms with E-state index in [0.717, 1.165) is 25.7 Å². The number of benzene rings is 1. The number of Topliss-reactive ketones (excluding diaryl/α,β-unsaturated/α-hetero) is 1. The van der Waals surface area contributed by atoms with Gasteiger partial charge in [0.1, 0.15) is 5.75 Å². The number of para-hydroxylation sites is 1. The molecule has 1 rings (SSSR count). The van der Waals surface area contributed by atoms with E-state index < -0.39 is 18.1 Å². The van der Waals surface area contributed by atoms with Crippen LogP contribution in [0.5, 0.6) is 5.75 Å². The molecule has 0 bridgehead atoms. The van der Waals surface area contributed by atoms with Gasteiger partial charge in [0.15, 0.2) is 11.8 Å². The van der Waals surface area contributed by atoms with Gasteiger partial charge in [-0.3, -0.25) is 4.79 Å². The summed E-state index contributed by atoms with van der Waals surface area (Å²) in [5.74, 6) is -0.840. The third-order valence-electron chi connectivity index (χ3n) is 3.50. The number of ether oxygens (including phenoxy) is 2. The number of hydrogen-bond acceptors (Lipinski definition) is 5. The number of ketones is 1. The van der Waals surface area contributed by atoms with Crippen LogP contribution in [0.3, 0.4) is 0 Å². The first kappa shape index (κ1) is 19.7. The van der Waals surface area contributed by atoms with Crippen LogP contribution in [0.15, 0.2) is 30.3 Å². The van der Waals surface area contributed by atoms with Crippen LogP contribution in [-0.2, 0) is 14.3 Å². The second-order valence-corrected chi connectivity index (χ2v) is 5.43. The molecule has 1 atom stereocenters. The molecule has 1 amide bonds. The van der Waals surface area contributed by atoms with Crippen LogP contribution >= 0.6 is 0 Å². The highest BCUT2D eigenvalue weighted by atomic mass is 16.6. The lowest BCUT2D eigenvalue weighted by Crippen LogP contribution is -2.48. The fourth-order valence-corrected chi connectivity index (χ4v) is 2.18. The van der Waals surface area contributed by atoms with Crippen molar-refractivity contribution in [3.63, 3.8) is 0 Å². The van der Waals surface area contributed by atoms with Gasteiger partial charge in [-0.25, -0.2) is 9.59 Å². The summed E-state index contributed by atoms with van der Waals surface area (Å²) in [5.41, 5.74) is 0. The monoisotopic (exact) mass is 335 g/mol. The Labute approximate surface area is 142 Å². The third-order valence-corrected chi connectivity index (χ3v) is 3.50. The van der Waals surface area contributed by atoms with Crippen molar-refractivity contribution in [3.05, 3.63) is 30.3 Å². The van der Waals surface area contributed by atoms with Gasteiger partial charge in [-0.2, -0.15) is 0 Å². The van der Waals surface area contributed by atoms with Crippen LogP contribution in [0.2, 0.25) is 0 Å². The molecule has 0 aromatic heterocycles. The molecular weight excluding hydrogens is 310 g/mol. The summed E-state index contributed by atoms with van der Waals surface area (Å²) in [4.78, 5) is 35.8. The normalized spacial score (nSPS) is 11.4. The minimum atomic E-state index is -1.34. The molecule has 0 fully saturated rings. The number of carbonyl (C=O) groups is 3. The molecule has 1 N–H and O–H groups in total. The summed E-state index contributed by atoms with van der Waals surface area (Å²) in [6.07, 6.45) is 4.24. The van der Waals surface area contributed by atoms with E-state index >= 15 is 0 Å². The second kappa shape index (κ2) is 11.2. The smallest absolute Gasteiger partial charge is 0.413 e. The van der Waals surface area contributed by atoms with Gasteiger partial charge in [-0.1, -0.05) is 50.8 Å². The molecule has 0 aliphatic carbocycles. The molecule has 6 nitrogen and oxygen atoms in total. The van der Waals surface area contributed by atoms with Gasteiger partial charge in [0.2, 0.25) is 0 Å². The number of unbranched alkanes of at least 4 members (excludes halogenated alkanes) is 4. The molecule has 0 aliphatic heterocycles. The lowest BCUT2D eigenvalue weighted by molar-refractivity contribution is -0.146. The van der Waals surface area contributed by atoms with E-state index in [4.69, 9.17) is 4.74 Å². The minimum Gasteiger partial charge on any atom is -0.467 e. The minimum absolute atomic E-state index is 0.217. The number of hydrogen-bond donors (Lipinski definition) is 1. The molecule has 0 saturated carbocycles. The van der Waals surface area contributed by atoms with Crippen molar-refractivity contribution in [1.29, 1.82) is 0 Å². The Kier molecular flexibility index (Phi) is 9.19. The van der Waals surface area contributed by atoms with Gasteiger partial charge in [0.05, 0.1) is 7.11 Å². The van der Waals surface area contributed by atoms with E-state index in [9.17, 15) is 14.4 Å². The maximum Gasteiger partial charge on any atom is 0.413 e. The summed E-state index contributed by atoms with van der Waals surface area (Å²) in [7, 11) is 1.17. The van der Waals surface area contributed by atoms with Crippen molar-refractivity contribution in [2.24, 2.45) is 0 Å². The quantitative estimate of drug-likeness (QED) is 0.403. The number of carbonyl (C=O) groups excluding carboxylic acids is 3. The van der Waals surface area contributed by atoms with Gasteiger partial charge in [-0.15, -0.1) is 0 Å². The first-order valence-corrected chi connectivity index (χ1v) is 8.22. The van der Waals surface area contributed by atoms with Crippen molar-refractivity contribution in [1.82, 2.24) is 5.32 Å². The van der Waals surface area contributed by atoms with Gasteiger partial charge in [-0.05, 0) is 18.6 Å². The summed E-state index contributed by atoms with van der Waals surface area (Å²) >= 11 is 0. The predicted molar refractivity (Wildman–Crippen MR) is 89.8 cm³/mol. The molecule has 0 saturated heterocycles. The summed E-state index contributed by atoms with van der Waals surface area (Å²) < 4.78 is 9.64. The fourth-order valence-electron chi connectivity index (χ4n) is 2.18. The van der Waals surface area contributed by atoms with Crippen molar-refractivity contribution in [2.45, 2.75) is 51.5 Å². The van der Waals surface area contributed by atoms with Crippen LogP contribution in [-0.4, -0.2) is 31.0 Å². The first-order chi connectivity index (χ1) is 11.6. The molecular formula is C18H25NO5. The summed E-state index contributed by atoms with van der Waals surface area (Å²) in [6.45, 7) is 2.11. The zero-order valence-electron chi connectivity index (χ0n) is 14.2.